The molecule has 4 heteroatoms. The normalized spacial score (nSPS) is 10.4. The number of imidazole rings is 1. The highest BCUT2D eigenvalue weighted by Crippen LogP contribution is 2.23. The van der Waals surface area contributed by atoms with Gasteiger partial charge in [0.1, 0.15) is 12.4 Å². The van der Waals surface area contributed by atoms with Gasteiger partial charge in [-0.3, -0.25) is 4.57 Å². The van der Waals surface area contributed by atoms with Crippen LogP contribution in [0.3, 0.4) is 0 Å². The maximum atomic E-state index is 9.21. The van der Waals surface area contributed by atoms with Crippen molar-refractivity contribution in [1.29, 1.82) is 5.26 Å². The minimum atomic E-state index is 0.618. The molecule has 1 aromatic heterocycles. The summed E-state index contributed by atoms with van der Waals surface area (Å²) in [6.45, 7) is 0. The third kappa shape index (κ3) is 1.69. The van der Waals surface area contributed by atoms with Crippen LogP contribution in [0.25, 0.3) is 16.7 Å². The van der Waals surface area contributed by atoms with Gasteiger partial charge in [-0.1, -0.05) is 28.1 Å². The van der Waals surface area contributed by atoms with Crippen molar-refractivity contribution in [3.63, 3.8) is 0 Å². The Hall–Kier alpha value is -2.12. The second kappa shape index (κ2) is 4.28. The molecule has 0 aliphatic heterocycles. The summed E-state index contributed by atoms with van der Waals surface area (Å²) in [5, 5.41) is 9.21. The Balaban J connectivity index is 2.30. The summed E-state index contributed by atoms with van der Waals surface area (Å²) in [6, 6.07) is 15.7. The Morgan fingerprint density at radius 3 is 2.83 bits per heavy atom. The molecule has 18 heavy (non-hydrogen) atoms. The molecule has 2 aromatic carbocycles. The summed E-state index contributed by atoms with van der Waals surface area (Å²) in [4.78, 5) is 4.33. The number of halogens is 1. The van der Waals surface area contributed by atoms with Crippen molar-refractivity contribution in [2.45, 2.75) is 0 Å². The van der Waals surface area contributed by atoms with Gasteiger partial charge in [0.15, 0.2) is 0 Å². The minimum absolute atomic E-state index is 0.618. The Labute approximate surface area is 112 Å². The van der Waals surface area contributed by atoms with Crippen molar-refractivity contribution in [2.24, 2.45) is 0 Å². The van der Waals surface area contributed by atoms with E-state index in [4.69, 9.17) is 0 Å². The van der Waals surface area contributed by atoms with E-state index in [1.807, 2.05) is 47.0 Å². The monoisotopic (exact) mass is 297 g/mol. The van der Waals surface area contributed by atoms with E-state index in [-0.39, 0.29) is 0 Å². The first-order valence-corrected chi connectivity index (χ1v) is 6.21. The summed E-state index contributed by atoms with van der Waals surface area (Å²) in [5.41, 5.74) is 3.38. The SMILES string of the molecule is N#Cc1cc(Br)ccc1-n1cnc2ccccc21. The topological polar surface area (TPSA) is 41.6 Å². The maximum Gasteiger partial charge on any atom is 0.101 e. The van der Waals surface area contributed by atoms with E-state index in [0.29, 0.717) is 5.56 Å². The van der Waals surface area contributed by atoms with Crippen LogP contribution in [0, 0.1) is 11.3 Å². The number of hydrogen-bond donors (Lipinski definition) is 0. The average Bonchev–Trinajstić information content (AvgIpc) is 2.82. The van der Waals surface area contributed by atoms with Crippen molar-refractivity contribution in [3.8, 4) is 11.8 Å². The number of rotatable bonds is 1. The molecule has 0 bridgehead atoms. The van der Waals surface area contributed by atoms with Crippen LogP contribution < -0.4 is 0 Å². The fraction of sp³-hybridized carbons (Fsp3) is 0. The molecule has 3 nitrogen and oxygen atoms in total. The molecular weight excluding hydrogens is 290 g/mol. The van der Waals surface area contributed by atoms with Crippen molar-refractivity contribution in [3.05, 3.63) is 58.8 Å². The summed E-state index contributed by atoms with van der Waals surface area (Å²) in [7, 11) is 0. The summed E-state index contributed by atoms with van der Waals surface area (Å²) < 4.78 is 2.83. The van der Waals surface area contributed by atoms with E-state index < -0.39 is 0 Å². The molecule has 0 saturated heterocycles. The molecule has 86 valence electrons. The van der Waals surface area contributed by atoms with E-state index in [1.165, 1.54) is 0 Å². The third-order valence-corrected chi connectivity index (χ3v) is 3.29. The predicted molar refractivity (Wildman–Crippen MR) is 73.5 cm³/mol. The van der Waals surface area contributed by atoms with Crippen molar-refractivity contribution in [2.75, 3.05) is 0 Å². The molecule has 3 aromatic rings. The molecule has 0 aliphatic carbocycles. The molecule has 0 N–H and O–H groups in total. The maximum absolute atomic E-state index is 9.21. The Morgan fingerprint density at radius 2 is 2.00 bits per heavy atom. The smallest absolute Gasteiger partial charge is 0.101 e. The molecule has 0 amide bonds. The molecule has 1 heterocycles. The zero-order chi connectivity index (χ0) is 12.5. The van der Waals surface area contributed by atoms with Gasteiger partial charge in [-0.15, -0.1) is 0 Å². The summed E-state index contributed by atoms with van der Waals surface area (Å²) >= 11 is 3.37. The van der Waals surface area contributed by atoms with Crippen LogP contribution in [-0.4, -0.2) is 9.55 Å². The largest absolute Gasteiger partial charge is 0.298 e. The van der Waals surface area contributed by atoms with E-state index in [2.05, 4.69) is 27.0 Å². The second-order valence-corrected chi connectivity index (χ2v) is 4.79. The van der Waals surface area contributed by atoms with Gasteiger partial charge in [-0.05, 0) is 30.3 Å². The Morgan fingerprint density at radius 1 is 1.17 bits per heavy atom. The molecule has 0 saturated carbocycles. The van der Waals surface area contributed by atoms with Gasteiger partial charge in [-0.25, -0.2) is 4.98 Å². The lowest BCUT2D eigenvalue weighted by atomic mass is 10.2. The molecule has 0 radical (unpaired) electrons. The number of fused-ring (bicyclic) bond motifs is 1. The Bertz CT molecular complexity index is 768. The van der Waals surface area contributed by atoms with Gasteiger partial charge >= 0.3 is 0 Å². The summed E-state index contributed by atoms with van der Waals surface area (Å²) in [5.74, 6) is 0. The number of hydrogen-bond acceptors (Lipinski definition) is 2. The van der Waals surface area contributed by atoms with E-state index in [0.717, 1.165) is 21.2 Å². The lowest BCUT2D eigenvalue weighted by molar-refractivity contribution is 1.08. The van der Waals surface area contributed by atoms with Gasteiger partial charge < -0.3 is 0 Å². The first kappa shape index (κ1) is 11.0. The number of nitriles is 1. The molecule has 0 spiro atoms. The molecule has 0 fully saturated rings. The van der Waals surface area contributed by atoms with Gasteiger partial charge in [0.25, 0.3) is 0 Å². The van der Waals surface area contributed by atoms with Crippen molar-refractivity contribution >= 4 is 27.0 Å². The second-order valence-electron chi connectivity index (χ2n) is 3.88. The first-order valence-electron chi connectivity index (χ1n) is 5.42. The highest BCUT2D eigenvalue weighted by atomic mass is 79.9. The predicted octanol–water partition coefficient (Wildman–Crippen LogP) is 3.66. The first-order chi connectivity index (χ1) is 8.79. The van der Waals surface area contributed by atoms with Crippen molar-refractivity contribution < 1.29 is 0 Å². The van der Waals surface area contributed by atoms with E-state index in [1.54, 1.807) is 6.33 Å². The van der Waals surface area contributed by atoms with Gasteiger partial charge in [0.2, 0.25) is 0 Å². The van der Waals surface area contributed by atoms with Crippen LogP contribution in [0.5, 0.6) is 0 Å². The number of nitrogens with zero attached hydrogens (tertiary/aromatic N) is 3. The number of aromatic nitrogens is 2. The van der Waals surface area contributed by atoms with Crippen LogP contribution in [0.2, 0.25) is 0 Å². The van der Waals surface area contributed by atoms with Crippen LogP contribution in [-0.2, 0) is 0 Å². The quantitative estimate of drug-likeness (QED) is 0.688. The molecule has 0 unspecified atom stereocenters. The molecule has 3 rings (SSSR count). The lowest BCUT2D eigenvalue weighted by Crippen LogP contribution is -1.95. The number of para-hydroxylation sites is 2. The standard InChI is InChI=1S/C14H8BrN3/c15-11-5-6-13(10(7-11)8-16)18-9-17-12-3-1-2-4-14(12)18/h1-7,9H. The van der Waals surface area contributed by atoms with Crippen LogP contribution >= 0.6 is 15.9 Å². The van der Waals surface area contributed by atoms with Gasteiger partial charge in [-0.2, -0.15) is 5.26 Å². The van der Waals surface area contributed by atoms with Gasteiger partial charge in [0, 0.05) is 4.47 Å². The fourth-order valence-corrected chi connectivity index (χ4v) is 2.32. The minimum Gasteiger partial charge on any atom is -0.298 e. The Kier molecular flexibility index (Phi) is 2.62. The zero-order valence-electron chi connectivity index (χ0n) is 9.34. The molecule has 0 atom stereocenters. The van der Waals surface area contributed by atoms with E-state index in [9.17, 15) is 5.26 Å². The van der Waals surface area contributed by atoms with Crippen LogP contribution in [0.15, 0.2) is 53.3 Å². The molecule has 0 aliphatic rings. The molecular formula is C14H8BrN3. The lowest BCUT2D eigenvalue weighted by Gasteiger charge is -2.06. The number of benzene rings is 2. The van der Waals surface area contributed by atoms with Crippen LogP contribution in [0.1, 0.15) is 5.56 Å². The van der Waals surface area contributed by atoms with E-state index >= 15 is 0 Å². The average molecular weight is 298 g/mol. The zero-order valence-corrected chi connectivity index (χ0v) is 10.9. The highest BCUT2D eigenvalue weighted by Gasteiger charge is 2.08. The van der Waals surface area contributed by atoms with Crippen molar-refractivity contribution in [1.82, 2.24) is 9.55 Å². The third-order valence-electron chi connectivity index (χ3n) is 2.79. The highest BCUT2D eigenvalue weighted by molar-refractivity contribution is 9.10. The fourth-order valence-electron chi connectivity index (χ4n) is 1.96. The van der Waals surface area contributed by atoms with Crippen LogP contribution in [0.4, 0.5) is 0 Å². The van der Waals surface area contributed by atoms with Gasteiger partial charge in [0.05, 0.1) is 22.3 Å². The summed E-state index contributed by atoms with van der Waals surface area (Å²) in [6.07, 6.45) is 1.74.